The molecule has 3 amide bonds. The van der Waals surface area contributed by atoms with Gasteiger partial charge >= 0.3 is 0 Å². The van der Waals surface area contributed by atoms with E-state index in [4.69, 9.17) is 0 Å². The van der Waals surface area contributed by atoms with Crippen molar-refractivity contribution in [2.45, 2.75) is 45.2 Å². The van der Waals surface area contributed by atoms with Crippen LogP contribution in [0.1, 0.15) is 53.8 Å². The molecule has 8 heteroatoms. The number of rotatable bonds is 7. The van der Waals surface area contributed by atoms with Gasteiger partial charge in [-0.3, -0.25) is 14.4 Å². The zero-order valence-corrected chi connectivity index (χ0v) is 18.8. The molecule has 176 valence electrons. The normalized spacial score (nSPS) is 16.1. The molecule has 1 aliphatic rings. The van der Waals surface area contributed by atoms with Crippen molar-refractivity contribution >= 4 is 17.7 Å². The van der Waals surface area contributed by atoms with Crippen LogP contribution in [0.3, 0.4) is 0 Å². The lowest BCUT2D eigenvalue weighted by Gasteiger charge is -2.36. The lowest BCUT2D eigenvalue weighted by Crippen LogP contribution is -2.55. The third-order valence-corrected chi connectivity index (χ3v) is 6.09. The van der Waals surface area contributed by atoms with Crippen LogP contribution in [-0.4, -0.2) is 47.8 Å². The van der Waals surface area contributed by atoms with Crippen LogP contribution in [0.4, 0.5) is 8.78 Å². The topological polar surface area (TPSA) is 78.5 Å². The molecular formula is C25H29F2N3O3. The highest BCUT2D eigenvalue weighted by Gasteiger charge is 2.35. The third kappa shape index (κ3) is 5.94. The van der Waals surface area contributed by atoms with Gasteiger partial charge in [0.1, 0.15) is 17.7 Å². The van der Waals surface area contributed by atoms with Crippen molar-refractivity contribution in [2.75, 3.05) is 13.1 Å². The van der Waals surface area contributed by atoms with Gasteiger partial charge in [-0.05, 0) is 56.4 Å². The van der Waals surface area contributed by atoms with Crippen molar-refractivity contribution in [3.63, 3.8) is 0 Å². The highest BCUT2D eigenvalue weighted by molar-refractivity contribution is 5.98. The summed E-state index contributed by atoms with van der Waals surface area (Å²) >= 11 is 0. The van der Waals surface area contributed by atoms with Crippen LogP contribution in [0.2, 0.25) is 0 Å². The zero-order chi connectivity index (χ0) is 24.0. The first-order valence-corrected chi connectivity index (χ1v) is 11.2. The summed E-state index contributed by atoms with van der Waals surface area (Å²) in [5.74, 6) is -2.90. The van der Waals surface area contributed by atoms with Crippen molar-refractivity contribution in [2.24, 2.45) is 5.92 Å². The van der Waals surface area contributed by atoms with E-state index in [1.807, 2.05) is 13.8 Å². The predicted octanol–water partition coefficient (Wildman–Crippen LogP) is 3.53. The Bertz CT molecular complexity index is 1010. The van der Waals surface area contributed by atoms with Gasteiger partial charge in [0.05, 0.1) is 11.1 Å². The van der Waals surface area contributed by atoms with Gasteiger partial charge in [0.25, 0.3) is 11.8 Å². The number of amides is 3. The van der Waals surface area contributed by atoms with Crippen LogP contribution in [-0.2, 0) is 4.79 Å². The molecule has 0 bridgehead atoms. The Kier molecular flexibility index (Phi) is 8.14. The first kappa shape index (κ1) is 24.4. The fourth-order valence-electron chi connectivity index (χ4n) is 3.94. The molecule has 33 heavy (non-hydrogen) atoms. The summed E-state index contributed by atoms with van der Waals surface area (Å²) in [6, 6.07) is 10.5. The Morgan fingerprint density at radius 2 is 1.48 bits per heavy atom. The van der Waals surface area contributed by atoms with Crippen LogP contribution in [0.15, 0.2) is 48.5 Å². The molecule has 2 aromatic carbocycles. The minimum Gasteiger partial charge on any atom is -0.352 e. The zero-order valence-electron chi connectivity index (χ0n) is 18.8. The Balaban J connectivity index is 1.72. The van der Waals surface area contributed by atoms with Crippen molar-refractivity contribution in [3.8, 4) is 0 Å². The highest BCUT2D eigenvalue weighted by atomic mass is 19.1. The minimum absolute atomic E-state index is 0.00914. The van der Waals surface area contributed by atoms with Crippen molar-refractivity contribution in [1.29, 1.82) is 0 Å². The number of benzene rings is 2. The number of nitrogens with one attached hydrogen (secondary N) is 2. The van der Waals surface area contributed by atoms with E-state index in [-0.39, 0.29) is 29.0 Å². The maximum Gasteiger partial charge on any atom is 0.256 e. The standard InChI is InChI=1S/C25H29F2N3O3/c1-3-16(2)28-24(32)22(29-23(31)18-8-4-6-10-20(18)26)17-12-14-30(15-13-17)25(33)19-9-5-7-11-21(19)27/h4-11,16-17,22H,3,12-15H2,1-2H3,(H,28,32)(H,29,31). The maximum absolute atomic E-state index is 14.1. The summed E-state index contributed by atoms with van der Waals surface area (Å²) in [6.45, 7) is 4.44. The predicted molar refractivity (Wildman–Crippen MR) is 121 cm³/mol. The monoisotopic (exact) mass is 457 g/mol. The molecule has 0 aromatic heterocycles. The van der Waals surface area contributed by atoms with E-state index in [1.165, 1.54) is 36.4 Å². The number of halogens is 2. The summed E-state index contributed by atoms with van der Waals surface area (Å²) < 4.78 is 28.1. The Morgan fingerprint density at radius 1 is 0.939 bits per heavy atom. The minimum atomic E-state index is -0.878. The number of nitrogens with zero attached hydrogens (tertiary/aromatic N) is 1. The number of likely N-dealkylation sites (tertiary alicyclic amines) is 1. The summed E-state index contributed by atoms with van der Waals surface area (Å²) in [4.78, 5) is 40.0. The molecule has 3 rings (SSSR count). The van der Waals surface area contributed by atoms with E-state index < -0.39 is 29.5 Å². The summed E-state index contributed by atoms with van der Waals surface area (Å²) in [7, 11) is 0. The molecule has 2 N–H and O–H groups in total. The Hall–Kier alpha value is -3.29. The molecule has 0 aliphatic carbocycles. The fraction of sp³-hybridized carbons (Fsp3) is 0.400. The van der Waals surface area contributed by atoms with Gasteiger partial charge in [-0.15, -0.1) is 0 Å². The molecule has 0 spiro atoms. The van der Waals surface area contributed by atoms with E-state index in [0.717, 1.165) is 6.42 Å². The number of carbonyl (C=O) groups excluding carboxylic acids is 3. The average molecular weight is 458 g/mol. The molecular weight excluding hydrogens is 428 g/mol. The van der Waals surface area contributed by atoms with E-state index >= 15 is 0 Å². The molecule has 0 saturated carbocycles. The van der Waals surface area contributed by atoms with Crippen LogP contribution in [0.5, 0.6) is 0 Å². The molecule has 0 radical (unpaired) electrons. The molecule has 2 aromatic rings. The van der Waals surface area contributed by atoms with Crippen molar-refractivity contribution < 1.29 is 23.2 Å². The fourth-order valence-corrected chi connectivity index (χ4v) is 3.94. The molecule has 1 heterocycles. The number of hydrogen-bond donors (Lipinski definition) is 2. The van der Waals surface area contributed by atoms with Gasteiger partial charge in [-0.2, -0.15) is 0 Å². The lowest BCUT2D eigenvalue weighted by molar-refractivity contribution is -0.125. The highest BCUT2D eigenvalue weighted by Crippen LogP contribution is 2.24. The smallest absolute Gasteiger partial charge is 0.256 e. The van der Waals surface area contributed by atoms with E-state index in [9.17, 15) is 23.2 Å². The number of piperidine rings is 1. The second-order valence-electron chi connectivity index (χ2n) is 8.36. The van der Waals surface area contributed by atoms with Crippen LogP contribution >= 0.6 is 0 Å². The summed E-state index contributed by atoms with van der Waals surface area (Å²) in [6.07, 6.45) is 1.60. The number of hydrogen-bond acceptors (Lipinski definition) is 3. The van der Waals surface area contributed by atoms with Crippen LogP contribution in [0.25, 0.3) is 0 Å². The van der Waals surface area contributed by atoms with Crippen LogP contribution < -0.4 is 10.6 Å². The molecule has 1 saturated heterocycles. The van der Waals surface area contributed by atoms with Crippen molar-refractivity contribution in [1.82, 2.24) is 15.5 Å². The summed E-state index contributed by atoms with van der Waals surface area (Å²) in [5.41, 5.74) is -0.124. The molecule has 6 nitrogen and oxygen atoms in total. The van der Waals surface area contributed by atoms with Gasteiger partial charge < -0.3 is 15.5 Å². The second kappa shape index (κ2) is 11.0. The van der Waals surface area contributed by atoms with E-state index in [1.54, 1.807) is 17.0 Å². The quantitative estimate of drug-likeness (QED) is 0.668. The van der Waals surface area contributed by atoms with Gasteiger partial charge in [0, 0.05) is 19.1 Å². The van der Waals surface area contributed by atoms with E-state index in [0.29, 0.717) is 25.9 Å². The maximum atomic E-state index is 14.1. The van der Waals surface area contributed by atoms with Crippen LogP contribution in [0, 0.1) is 17.6 Å². The average Bonchev–Trinajstić information content (AvgIpc) is 2.82. The molecule has 2 atom stereocenters. The lowest BCUT2D eigenvalue weighted by atomic mass is 9.88. The first-order chi connectivity index (χ1) is 15.8. The number of carbonyl (C=O) groups is 3. The SMILES string of the molecule is CCC(C)NC(=O)C(NC(=O)c1ccccc1F)C1CCN(C(=O)c2ccccc2F)CC1. The van der Waals surface area contributed by atoms with Gasteiger partial charge in [0.2, 0.25) is 5.91 Å². The largest absolute Gasteiger partial charge is 0.352 e. The van der Waals surface area contributed by atoms with Gasteiger partial charge in [-0.25, -0.2) is 8.78 Å². The second-order valence-corrected chi connectivity index (χ2v) is 8.36. The molecule has 1 fully saturated rings. The van der Waals surface area contributed by atoms with Gasteiger partial charge in [0.15, 0.2) is 0 Å². The molecule has 2 unspecified atom stereocenters. The Morgan fingerprint density at radius 3 is 2.03 bits per heavy atom. The summed E-state index contributed by atoms with van der Waals surface area (Å²) in [5, 5.41) is 5.59. The van der Waals surface area contributed by atoms with E-state index in [2.05, 4.69) is 10.6 Å². The molecule has 1 aliphatic heterocycles. The van der Waals surface area contributed by atoms with Crippen molar-refractivity contribution in [3.05, 3.63) is 71.3 Å². The Labute approximate surface area is 192 Å². The third-order valence-electron chi connectivity index (χ3n) is 6.09. The first-order valence-electron chi connectivity index (χ1n) is 11.2. The van der Waals surface area contributed by atoms with Gasteiger partial charge in [-0.1, -0.05) is 31.2 Å².